The minimum absolute atomic E-state index is 0.685. The molecule has 2 saturated heterocycles. The highest BCUT2D eigenvalue weighted by Gasteiger charge is 2.45. The van der Waals surface area contributed by atoms with Crippen LogP contribution in [-0.4, -0.2) is 37.1 Å². The van der Waals surface area contributed by atoms with E-state index in [1.807, 2.05) is 0 Å². The molecule has 1 saturated carbocycles. The predicted octanol–water partition coefficient (Wildman–Crippen LogP) is 2.39. The summed E-state index contributed by atoms with van der Waals surface area (Å²) in [7, 11) is 0. The molecule has 1 N–H and O–H groups in total. The van der Waals surface area contributed by atoms with Crippen LogP contribution in [0.5, 0.6) is 0 Å². The van der Waals surface area contributed by atoms with Crippen LogP contribution in [0.4, 0.5) is 0 Å². The fourth-order valence-corrected chi connectivity index (χ4v) is 4.00. The average molecular weight is 222 g/mol. The molecule has 16 heavy (non-hydrogen) atoms. The molecule has 0 aromatic carbocycles. The number of nitrogens with zero attached hydrogens (tertiary/aromatic N) is 1. The summed E-state index contributed by atoms with van der Waals surface area (Å²) in [6.07, 6.45) is 11.8. The molecule has 3 fully saturated rings. The molecule has 92 valence electrons. The molecule has 0 aromatic rings. The fourth-order valence-electron chi connectivity index (χ4n) is 4.00. The van der Waals surface area contributed by atoms with Crippen LogP contribution in [0.2, 0.25) is 0 Å². The van der Waals surface area contributed by atoms with E-state index in [1.165, 1.54) is 77.5 Å². The van der Waals surface area contributed by atoms with E-state index in [9.17, 15) is 0 Å². The summed E-state index contributed by atoms with van der Waals surface area (Å²) in [4.78, 5) is 2.79. The van der Waals surface area contributed by atoms with Crippen molar-refractivity contribution in [2.24, 2.45) is 5.41 Å². The summed E-state index contributed by atoms with van der Waals surface area (Å²) < 4.78 is 0. The average Bonchev–Trinajstić information content (AvgIpc) is 2.55. The van der Waals surface area contributed by atoms with E-state index in [0.29, 0.717) is 5.41 Å². The summed E-state index contributed by atoms with van der Waals surface area (Å²) in [5.41, 5.74) is 0.685. The molecule has 0 radical (unpaired) electrons. The van der Waals surface area contributed by atoms with Gasteiger partial charge in [0.05, 0.1) is 0 Å². The number of likely N-dealkylation sites (tertiary alicyclic amines) is 1. The Morgan fingerprint density at radius 1 is 0.938 bits per heavy atom. The van der Waals surface area contributed by atoms with Crippen molar-refractivity contribution in [2.75, 3.05) is 26.2 Å². The predicted molar refractivity (Wildman–Crippen MR) is 67.6 cm³/mol. The molecular formula is C14H26N2. The van der Waals surface area contributed by atoms with Crippen molar-refractivity contribution in [1.29, 1.82) is 0 Å². The van der Waals surface area contributed by atoms with E-state index in [4.69, 9.17) is 0 Å². The first-order valence-corrected chi connectivity index (χ1v) is 7.33. The maximum Gasteiger partial charge on any atom is 0.00957 e. The van der Waals surface area contributed by atoms with Gasteiger partial charge in [-0.1, -0.05) is 25.7 Å². The third kappa shape index (κ3) is 2.14. The molecule has 1 spiro atoms. The zero-order chi connectivity index (χ0) is 10.8. The van der Waals surface area contributed by atoms with Gasteiger partial charge >= 0.3 is 0 Å². The first kappa shape index (κ1) is 11.0. The van der Waals surface area contributed by atoms with Gasteiger partial charge in [-0.05, 0) is 32.2 Å². The summed E-state index contributed by atoms with van der Waals surface area (Å²) in [6, 6.07) is 0.940. The van der Waals surface area contributed by atoms with Gasteiger partial charge in [0.15, 0.2) is 0 Å². The Balaban J connectivity index is 1.51. The summed E-state index contributed by atoms with van der Waals surface area (Å²) in [6.45, 7) is 5.33. The molecule has 2 heterocycles. The van der Waals surface area contributed by atoms with Crippen LogP contribution in [0.15, 0.2) is 0 Å². The molecule has 0 aromatic heterocycles. The van der Waals surface area contributed by atoms with Crippen LogP contribution in [0.25, 0.3) is 0 Å². The van der Waals surface area contributed by atoms with Crippen molar-refractivity contribution in [1.82, 2.24) is 10.2 Å². The summed E-state index contributed by atoms with van der Waals surface area (Å²) in [5, 5.41) is 3.59. The lowest BCUT2D eigenvalue weighted by Crippen LogP contribution is -2.64. The Morgan fingerprint density at radius 3 is 2.31 bits per heavy atom. The van der Waals surface area contributed by atoms with Gasteiger partial charge in [-0.25, -0.2) is 0 Å². The summed E-state index contributed by atoms with van der Waals surface area (Å²) in [5.74, 6) is 0. The van der Waals surface area contributed by atoms with E-state index < -0.39 is 0 Å². The van der Waals surface area contributed by atoms with Gasteiger partial charge < -0.3 is 5.32 Å². The molecule has 1 aliphatic carbocycles. The number of piperidine rings is 1. The van der Waals surface area contributed by atoms with Gasteiger partial charge in [-0.3, -0.25) is 4.90 Å². The van der Waals surface area contributed by atoms with Crippen molar-refractivity contribution >= 4 is 0 Å². The van der Waals surface area contributed by atoms with Gasteiger partial charge in [0.2, 0.25) is 0 Å². The van der Waals surface area contributed by atoms with Gasteiger partial charge in [-0.2, -0.15) is 0 Å². The number of rotatable bonds is 1. The SMILES string of the molecule is C1CCCC(N2CC3(CCCNC3)C2)CC1. The highest BCUT2D eigenvalue weighted by molar-refractivity contribution is 5.00. The number of hydrogen-bond acceptors (Lipinski definition) is 2. The lowest BCUT2D eigenvalue weighted by molar-refractivity contribution is -0.0491. The zero-order valence-electron chi connectivity index (χ0n) is 10.5. The quantitative estimate of drug-likeness (QED) is 0.685. The largest absolute Gasteiger partial charge is 0.316 e. The molecule has 3 rings (SSSR count). The topological polar surface area (TPSA) is 15.3 Å². The molecule has 2 heteroatoms. The second-order valence-corrected chi connectivity index (χ2v) is 6.33. The van der Waals surface area contributed by atoms with Crippen molar-refractivity contribution in [3.8, 4) is 0 Å². The van der Waals surface area contributed by atoms with Crippen molar-refractivity contribution in [3.05, 3.63) is 0 Å². The molecule has 0 atom stereocenters. The maximum absolute atomic E-state index is 3.59. The Hall–Kier alpha value is -0.0800. The monoisotopic (exact) mass is 222 g/mol. The van der Waals surface area contributed by atoms with E-state index >= 15 is 0 Å². The van der Waals surface area contributed by atoms with Gasteiger partial charge in [0.1, 0.15) is 0 Å². The highest BCUT2D eigenvalue weighted by Crippen LogP contribution is 2.39. The summed E-state index contributed by atoms with van der Waals surface area (Å²) >= 11 is 0. The van der Waals surface area contributed by atoms with Crippen molar-refractivity contribution in [2.45, 2.75) is 57.4 Å². The Labute approximate surface area is 99.8 Å². The first-order valence-electron chi connectivity index (χ1n) is 7.33. The molecule has 0 amide bonds. The lowest BCUT2D eigenvalue weighted by Gasteiger charge is -2.55. The minimum atomic E-state index is 0.685. The van der Waals surface area contributed by atoms with Gasteiger partial charge in [0, 0.05) is 31.1 Å². The van der Waals surface area contributed by atoms with E-state index in [-0.39, 0.29) is 0 Å². The molecule has 0 unspecified atom stereocenters. The second-order valence-electron chi connectivity index (χ2n) is 6.33. The molecule has 0 bridgehead atoms. The molecule has 3 aliphatic rings. The van der Waals surface area contributed by atoms with Gasteiger partial charge in [0.25, 0.3) is 0 Å². The van der Waals surface area contributed by atoms with E-state index in [0.717, 1.165) is 6.04 Å². The lowest BCUT2D eigenvalue weighted by atomic mass is 9.73. The minimum Gasteiger partial charge on any atom is -0.316 e. The molecular weight excluding hydrogens is 196 g/mol. The third-order valence-electron chi connectivity index (χ3n) is 4.98. The first-order chi connectivity index (χ1) is 7.88. The van der Waals surface area contributed by atoms with Crippen molar-refractivity contribution < 1.29 is 0 Å². The second kappa shape index (κ2) is 4.66. The molecule has 2 nitrogen and oxygen atoms in total. The van der Waals surface area contributed by atoms with Gasteiger partial charge in [-0.15, -0.1) is 0 Å². The standard InChI is InChI=1S/C14H26N2/c1-2-4-7-13(6-3-1)16-11-14(12-16)8-5-9-15-10-14/h13,15H,1-12H2. The highest BCUT2D eigenvalue weighted by atomic mass is 15.2. The van der Waals surface area contributed by atoms with E-state index in [1.54, 1.807) is 0 Å². The van der Waals surface area contributed by atoms with Crippen LogP contribution >= 0.6 is 0 Å². The Bertz CT molecular complexity index is 217. The van der Waals surface area contributed by atoms with Crippen LogP contribution < -0.4 is 5.32 Å². The van der Waals surface area contributed by atoms with E-state index in [2.05, 4.69) is 10.2 Å². The van der Waals surface area contributed by atoms with Crippen LogP contribution in [0, 0.1) is 5.41 Å². The Morgan fingerprint density at radius 2 is 1.69 bits per heavy atom. The zero-order valence-corrected chi connectivity index (χ0v) is 10.5. The van der Waals surface area contributed by atoms with Crippen LogP contribution in [0.1, 0.15) is 51.4 Å². The third-order valence-corrected chi connectivity index (χ3v) is 4.98. The Kier molecular flexibility index (Phi) is 3.21. The normalized spacial score (nSPS) is 32.2. The van der Waals surface area contributed by atoms with Crippen LogP contribution in [0.3, 0.4) is 0 Å². The smallest absolute Gasteiger partial charge is 0.00957 e. The maximum atomic E-state index is 3.59. The van der Waals surface area contributed by atoms with Crippen LogP contribution in [-0.2, 0) is 0 Å². The fraction of sp³-hybridized carbons (Fsp3) is 1.00. The number of nitrogens with one attached hydrogen (secondary N) is 1. The van der Waals surface area contributed by atoms with Crippen molar-refractivity contribution in [3.63, 3.8) is 0 Å². The number of hydrogen-bond donors (Lipinski definition) is 1. The molecule has 2 aliphatic heterocycles.